The van der Waals surface area contributed by atoms with Crippen LogP contribution in [0, 0.1) is 50.2 Å². The zero-order valence-electron chi connectivity index (χ0n) is 43.9. The highest BCUT2D eigenvalue weighted by Crippen LogP contribution is 2.76. The maximum absolute atomic E-state index is 13.9. The average Bonchev–Trinajstić information content (AvgIpc) is 3.35. The summed E-state index contributed by atoms with van der Waals surface area (Å²) in [6.45, 7) is 15.3. The molecule has 0 amide bonds. The highest BCUT2D eigenvalue weighted by atomic mass is 16.8. The van der Waals surface area contributed by atoms with Crippen LogP contribution in [0.25, 0.3) is 0 Å². The van der Waals surface area contributed by atoms with Crippen molar-refractivity contribution in [2.75, 3.05) is 13.2 Å². The van der Waals surface area contributed by atoms with Crippen LogP contribution in [0.1, 0.15) is 120 Å². The van der Waals surface area contributed by atoms with Crippen LogP contribution in [-0.4, -0.2) is 204 Å². The second-order valence-corrected chi connectivity index (χ2v) is 25.5. The molecule has 4 saturated carbocycles. The maximum atomic E-state index is 13.9. The van der Waals surface area contributed by atoms with Gasteiger partial charge in [0, 0.05) is 0 Å². The summed E-state index contributed by atoms with van der Waals surface area (Å²) in [6, 6.07) is 0. The molecule has 4 heterocycles. The van der Waals surface area contributed by atoms with E-state index in [4.69, 9.17) is 37.9 Å². The molecule has 0 spiro atoms. The normalized spacial score (nSPS) is 55.4. The van der Waals surface area contributed by atoms with Gasteiger partial charge in [0.25, 0.3) is 0 Å². The standard InChI is InChI=1S/C53H84O21/c1-23-32(57)36(61)42(74-45-39(64)41(73-44-38(63)35(60)34(59)28(20-54)70-44)40(24(2)69-45)72-43-37(62)33(58)27(56)21-67-43)46(68-23)71-31-12-13-49(5)29(50(31,6)22-55)11-14-52(8)30(49)10-9-25-26-19-48(3,4)15-17-53(26,47(65)66)18-16-51(25,52)7/h9,22-24,26-46,54,56-64H,10-21H2,1-8H3,(H,65,66). The SMILES string of the molecule is CC1OC(OC2CCC3(C)C(CCC4(C)C3CC=C3C5CC(C)(C)CCC5(C(=O)O)CCC34C)C2(C)C=O)C(OC2OC(C)C(OC3OCC(O)C(O)C3O)C(OC3OC(CO)C(O)C(O)C3O)C2O)C(O)C1O. The van der Waals surface area contributed by atoms with E-state index in [1.807, 2.05) is 6.92 Å². The Kier molecular flexibility index (Phi) is 15.6. The van der Waals surface area contributed by atoms with Crippen LogP contribution < -0.4 is 0 Å². The minimum absolute atomic E-state index is 0.0218. The molecular weight excluding hydrogens is 973 g/mol. The number of ether oxygens (including phenoxy) is 8. The molecule has 74 heavy (non-hydrogen) atoms. The summed E-state index contributed by atoms with van der Waals surface area (Å²) in [5.41, 5.74) is -1.31. The van der Waals surface area contributed by atoms with Crippen molar-refractivity contribution in [2.24, 2.45) is 50.2 Å². The quantitative estimate of drug-likeness (QED) is 0.0758. The smallest absolute Gasteiger partial charge is 0.310 e. The van der Waals surface area contributed by atoms with Crippen LogP contribution in [0.5, 0.6) is 0 Å². The lowest BCUT2D eigenvalue weighted by atomic mass is 9.33. The van der Waals surface area contributed by atoms with E-state index in [9.17, 15) is 65.8 Å². The van der Waals surface area contributed by atoms with Crippen molar-refractivity contribution in [2.45, 2.75) is 242 Å². The number of aliphatic hydroxyl groups excluding tert-OH is 10. The summed E-state index contributed by atoms with van der Waals surface area (Å²) in [4.78, 5) is 27.1. The van der Waals surface area contributed by atoms with Crippen molar-refractivity contribution < 1.29 is 104 Å². The van der Waals surface area contributed by atoms with Crippen molar-refractivity contribution >= 4 is 12.3 Å². The van der Waals surface area contributed by atoms with Crippen LogP contribution in [0.2, 0.25) is 0 Å². The van der Waals surface area contributed by atoms with Crippen LogP contribution >= 0.6 is 0 Å². The number of aliphatic carboxylic acids is 1. The zero-order valence-corrected chi connectivity index (χ0v) is 43.9. The largest absolute Gasteiger partial charge is 0.481 e. The number of allylic oxidation sites excluding steroid dienone is 2. The molecule has 0 aromatic carbocycles. The number of carbonyl (C=O) groups is 2. The van der Waals surface area contributed by atoms with E-state index in [1.165, 1.54) is 12.5 Å². The third kappa shape index (κ3) is 8.99. The molecule has 0 radical (unpaired) electrons. The lowest BCUT2D eigenvalue weighted by Crippen LogP contribution is -2.68. The second kappa shape index (κ2) is 20.4. The van der Waals surface area contributed by atoms with E-state index in [0.717, 1.165) is 38.4 Å². The molecule has 422 valence electrons. The first-order valence-electron chi connectivity index (χ1n) is 27.0. The number of aliphatic hydroxyl groups is 10. The number of carboxylic acid groups (broad SMARTS) is 1. The van der Waals surface area contributed by atoms with E-state index in [0.29, 0.717) is 32.1 Å². The predicted octanol–water partition coefficient (Wildman–Crippen LogP) is 0.404. The molecule has 21 heteroatoms. The van der Waals surface area contributed by atoms with E-state index in [-0.39, 0.29) is 39.4 Å². The first-order chi connectivity index (χ1) is 34.6. The number of fused-ring (bicyclic) bond motifs is 7. The van der Waals surface area contributed by atoms with Gasteiger partial charge >= 0.3 is 5.97 Å². The van der Waals surface area contributed by atoms with E-state index < -0.39 is 153 Å². The van der Waals surface area contributed by atoms with E-state index >= 15 is 0 Å². The number of carboxylic acids is 1. The molecule has 11 N–H and O–H groups in total. The van der Waals surface area contributed by atoms with Gasteiger partial charge in [0.1, 0.15) is 85.6 Å². The lowest BCUT2D eigenvalue weighted by Gasteiger charge is -2.71. The molecule has 9 aliphatic rings. The van der Waals surface area contributed by atoms with Gasteiger partial charge in [-0.25, -0.2) is 0 Å². The predicted molar refractivity (Wildman–Crippen MR) is 255 cm³/mol. The van der Waals surface area contributed by atoms with Gasteiger partial charge in [0.05, 0.1) is 42.4 Å². The molecule has 28 atom stereocenters. The molecule has 28 unspecified atom stereocenters. The van der Waals surface area contributed by atoms with Gasteiger partial charge in [-0.3, -0.25) is 4.79 Å². The Bertz CT molecular complexity index is 2080. The van der Waals surface area contributed by atoms with Gasteiger partial charge < -0.3 is 98.9 Å². The molecule has 9 rings (SSSR count). The highest BCUT2D eigenvalue weighted by Gasteiger charge is 2.70. The molecule has 4 saturated heterocycles. The number of carbonyl (C=O) groups excluding carboxylic acids is 1. The fourth-order valence-electron chi connectivity index (χ4n) is 16.1. The Morgan fingerprint density at radius 1 is 0.649 bits per heavy atom. The fourth-order valence-corrected chi connectivity index (χ4v) is 16.1. The van der Waals surface area contributed by atoms with Crippen molar-refractivity contribution in [1.82, 2.24) is 0 Å². The molecule has 0 aromatic rings. The molecule has 21 nitrogen and oxygen atoms in total. The molecule has 0 bridgehead atoms. The highest BCUT2D eigenvalue weighted by molar-refractivity contribution is 5.76. The van der Waals surface area contributed by atoms with Gasteiger partial charge in [0.15, 0.2) is 25.2 Å². The number of aldehydes is 1. The zero-order chi connectivity index (χ0) is 54.0. The summed E-state index contributed by atoms with van der Waals surface area (Å²) in [5, 5.41) is 119. The number of hydrogen-bond donors (Lipinski definition) is 11. The maximum Gasteiger partial charge on any atom is 0.310 e. The summed E-state index contributed by atoms with van der Waals surface area (Å²) >= 11 is 0. The summed E-state index contributed by atoms with van der Waals surface area (Å²) < 4.78 is 48.9. The molecular formula is C53H84O21. The Labute approximate surface area is 432 Å². The Morgan fingerprint density at radius 2 is 1.28 bits per heavy atom. The van der Waals surface area contributed by atoms with Crippen LogP contribution in [0.15, 0.2) is 11.6 Å². The molecule has 0 aromatic heterocycles. The third-order valence-corrected chi connectivity index (χ3v) is 21.0. The molecule has 5 aliphatic carbocycles. The summed E-state index contributed by atoms with van der Waals surface area (Å²) in [7, 11) is 0. The number of hydrogen-bond acceptors (Lipinski definition) is 20. The number of rotatable bonds is 11. The lowest BCUT2D eigenvalue weighted by molar-refractivity contribution is -0.399. The molecule has 4 aliphatic heterocycles. The van der Waals surface area contributed by atoms with Crippen molar-refractivity contribution in [3.8, 4) is 0 Å². The monoisotopic (exact) mass is 1060 g/mol. The second-order valence-electron chi connectivity index (χ2n) is 25.5. The van der Waals surface area contributed by atoms with Crippen LogP contribution in [0.3, 0.4) is 0 Å². The average molecular weight is 1060 g/mol. The van der Waals surface area contributed by atoms with Gasteiger partial charge in [-0.15, -0.1) is 0 Å². The Morgan fingerprint density at radius 3 is 1.96 bits per heavy atom. The first kappa shape index (κ1) is 56.9. The van der Waals surface area contributed by atoms with Crippen LogP contribution in [-0.2, 0) is 47.5 Å². The van der Waals surface area contributed by atoms with Crippen molar-refractivity contribution in [3.63, 3.8) is 0 Å². The van der Waals surface area contributed by atoms with Crippen molar-refractivity contribution in [1.29, 1.82) is 0 Å². The van der Waals surface area contributed by atoms with E-state index in [2.05, 4.69) is 40.7 Å². The Balaban J connectivity index is 0.969. The van der Waals surface area contributed by atoms with Crippen LogP contribution in [0.4, 0.5) is 0 Å². The molecule has 8 fully saturated rings. The topological polar surface area (TPSA) is 331 Å². The van der Waals surface area contributed by atoms with Crippen molar-refractivity contribution in [3.05, 3.63) is 11.6 Å². The summed E-state index contributed by atoms with van der Waals surface area (Å²) in [5.74, 6) is -0.732. The summed E-state index contributed by atoms with van der Waals surface area (Å²) in [6.07, 6.45) is -21.0. The minimum atomic E-state index is -1.96. The Hall–Kier alpha value is -1.84. The minimum Gasteiger partial charge on any atom is -0.481 e. The van der Waals surface area contributed by atoms with Gasteiger partial charge in [-0.1, -0.05) is 53.2 Å². The fraction of sp³-hybridized carbons (Fsp3) is 0.925. The van der Waals surface area contributed by atoms with Gasteiger partial charge in [0.2, 0.25) is 0 Å². The van der Waals surface area contributed by atoms with E-state index in [1.54, 1.807) is 6.92 Å². The van der Waals surface area contributed by atoms with Gasteiger partial charge in [-0.2, -0.15) is 0 Å². The van der Waals surface area contributed by atoms with Gasteiger partial charge in [-0.05, 0) is 117 Å². The third-order valence-electron chi connectivity index (χ3n) is 21.0. The first-order valence-corrected chi connectivity index (χ1v) is 27.0.